The van der Waals surface area contributed by atoms with Crippen LogP contribution in [0.4, 0.5) is 23.3 Å². The van der Waals surface area contributed by atoms with Crippen molar-refractivity contribution in [2.45, 2.75) is 13.8 Å². The van der Waals surface area contributed by atoms with Crippen LogP contribution in [0.3, 0.4) is 0 Å². The monoisotopic (exact) mass is 306 g/mol. The van der Waals surface area contributed by atoms with Gasteiger partial charge in [-0.2, -0.15) is 10.2 Å². The van der Waals surface area contributed by atoms with E-state index < -0.39 is 0 Å². The van der Waals surface area contributed by atoms with Crippen molar-refractivity contribution < 1.29 is 4.52 Å². The largest absolute Gasteiger partial charge is 0.360 e. The molecule has 0 unspecified atom stereocenters. The number of nitrogens with one attached hydrogen (secondary N) is 2. The Morgan fingerprint density at radius 2 is 1.91 bits per heavy atom. The lowest BCUT2D eigenvalue weighted by Gasteiger charge is -2.08. The number of aryl methyl sites for hydroxylation is 2. The summed E-state index contributed by atoms with van der Waals surface area (Å²) in [5, 5.41) is 19.0. The van der Waals surface area contributed by atoms with Crippen molar-refractivity contribution in [3.63, 3.8) is 0 Å². The number of rotatable bonds is 4. The van der Waals surface area contributed by atoms with E-state index >= 15 is 0 Å². The number of anilines is 4. The van der Waals surface area contributed by atoms with Crippen LogP contribution < -0.4 is 10.6 Å². The van der Waals surface area contributed by atoms with E-state index in [2.05, 4.69) is 31.8 Å². The van der Waals surface area contributed by atoms with E-state index in [-0.39, 0.29) is 0 Å². The van der Waals surface area contributed by atoms with Crippen LogP contribution in [0.2, 0.25) is 0 Å². The summed E-state index contributed by atoms with van der Waals surface area (Å²) in [6.07, 6.45) is 0. The lowest BCUT2D eigenvalue weighted by molar-refractivity contribution is 0.400. The predicted octanol–water partition coefficient (Wildman–Crippen LogP) is 3.44. The van der Waals surface area contributed by atoms with Gasteiger partial charge in [-0.15, -0.1) is 0 Å². The maximum Gasteiger partial charge on any atom is 0.229 e. The van der Waals surface area contributed by atoms with Crippen LogP contribution in [-0.2, 0) is 0 Å². The molecule has 0 saturated heterocycles. The van der Waals surface area contributed by atoms with E-state index in [0.29, 0.717) is 28.9 Å². The van der Waals surface area contributed by atoms with Gasteiger partial charge >= 0.3 is 0 Å². The van der Waals surface area contributed by atoms with E-state index in [1.165, 1.54) is 0 Å². The minimum absolute atomic E-state index is 0.433. The molecule has 0 saturated carbocycles. The molecule has 0 amide bonds. The van der Waals surface area contributed by atoms with Gasteiger partial charge in [0.1, 0.15) is 11.6 Å². The topological polar surface area (TPSA) is 99.7 Å². The van der Waals surface area contributed by atoms with E-state index in [4.69, 9.17) is 9.78 Å². The van der Waals surface area contributed by atoms with E-state index in [9.17, 15) is 0 Å². The molecular formula is C16H14N6O. The second-order valence-electron chi connectivity index (χ2n) is 4.98. The number of benzene rings is 1. The summed E-state index contributed by atoms with van der Waals surface area (Å²) >= 11 is 0. The molecule has 7 heteroatoms. The summed E-state index contributed by atoms with van der Waals surface area (Å²) in [4.78, 5) is 8.73. The number of nitrogens with zero attached hydrogens (tertiary/aromatic N) is 4. The zero-order valence-electron chi connectivity index (χ0n) is 12.7. The summed E-state index contributed by atoms with van der Waals surface area (Å²) in [6, 6.07) is 12.8. The standard InChI is InChI=1S/C16H14N6O/c1-10-6-14(20-15-7-11(2)23-22-15)21-16(18-10)19-13-5-3-4-12(8-13)9-17/h3-8H,1-2H3,(H2,18,19,20,21,22). The molecule has 0 bridgehead atoms. The van der Waals surface area contributed by atoms with Gasteiger partial charge < -0.3 is 15.2 Å². The Kier molecular flexibility index (Phi) is 3.89. The molecule has 1 aromatic carbocycles. The van der Waals surface area contributed by atoms with Crippen molar-refractivity contribution in [3.8, 4) is 6.07 Å². The van der Waals surface area contributed by atoms with Crippen LogP contribution in [0.15, 0.2) is 40.9 Å². The molecule has 0 aliphatic rings. The minimum atomic E-state index is 0.433. The van der Waals surface area contributed by atoms with Crippen LogP contribution in [0.25, 0.3) is 0 Å². The molecule has 23 heavy (non-hydrogen) atoms. The molecule has 3 rings (SSSR count). The number of hydrogen-bond donors (Lipinski definition) is 2. The van der Waals surface area contributed by atoms with Crippen molar-refractivity contribution in [1.82, 2.24) is 15.1 Å². The van der Waals surface area contributed by atoms with Crippen LogP contribution >= 0.6 is 0 Å². The first-order valence-electron chi connectivity index (χ1n) is 6.95. The molecule has 0 radical (unpaired) electrons. The van der Waals surface area contributed by atoms with Gasteiger partial charge in [-0.25, -0.2) is 4.98 Å². The first-order chi connectivity index (χ1) is 11.1. The maximum atomic E-state index is 8.95. The number of nitriles is 1. The van der Waals surface area contributed by atoms with E-state index in [0.717, 1.165) is 11.4 Å². The van der Waals surface area contributed by atoms with Gasteiger partial charge in [0.05, 0.1) is 11.6 Å². The fourth-order valence-corrected chi connectivity index (χ4v) is 2.04. The quantitative estimate of drug-likeness (QED) is 0.761. The second kappa shape index (κ2) is 6.15. The lowest BCUT2D eigenvalue weighted by atomic mass is 10.2. The molecule has 7 nitrogen and oxygen atoms in total. The average molecular weight is 306 g/mol. The molecule has 0 aliphatic heterocycles. The first-order valence-corrected chi connectivity index (χ1v) is 6.95. The normalized spacial score (nSPS) is 10.1. The Morgan fingerprint density at radius 1 is 1.04 bits per heavy atom. The molecule has 114 valence electrons. The van der Waals surface area contributed by atoms with Crippen LogP contribution in [-0.4, -0.2) is 15.1 Å². The third-order valence-corrected chi connectivity index (χ3v) is 2.99. The Bertz CT molecular complexity index is 880. The van der Waals surface area contributed by atoms with Crippen molar-refractivity contribution in [2.24, 2.45) is 0 Å². The molecule has 0 aliphatic carbocycles. The van der Waals surface area contributed by atoms with Gasteiger partial charge in [0, 0.05) is 23.5 Å². The van der Waals surface area contributed by atoms with Crippen LogP contribution in [0, 0.1) is 25.2 Å². The van der Waals surface area contributed by atoms with Crippen molar-refractivity contribution >= 4 is 23.3 Å². The van der Waals surface area contributed by atoms with Gasteiger partial charge in [0.2, 0.25) is 5.95 Å². The summed E-state index contributed by atoms with van der Waals surface area (Å²) < 4.78 is 5.02. The van der Waals surface area contributed by atoms with Crippen LogP contribution in [0.5, 0.6) is 0 Å². The van der Waals surface area contributed by atoms with Crippen molar-refractivity contribution in [1.29, 1.82) is 5.26 Å². The van der Waals surface area contributed by atoms with Gasteiger partial charge in [0.25, 0.3) is 0 Å². The number of hydrogen-bond acceptors (Lipinski definition) is 7. The SMILES string of the molecule is Cc1cc(Nc2cc(C)on2)nc(Nc2cccc(C#N)c2)n1. The smallest absolute Gasteiger partial charge is 0.229 e. The molecule has 2 N–H and O–H groups in total. The van der Waals surface area contributed by atoms with Crippen molar-refractivity contribution in [2.75, 3.05) is 10.6 Å². The predicted molar refractivity (Wildman–Crippen MR) is 85.7 cm³/mol. The number of aromatic nitrogens is 3. The summed E-state index contributed by atoms with van der Waals surface area (Å²) in [5.41, 5.74) is 2.11. The van der Waals surface area contributed by atoms with Crippen molar-refractivity contribution in [3.05, 3.63) is 53.4 Å². The van der Waals surface area contributed by atoms with E-state index in [1.807, 2.05) is 19.9 Å². The highest BCUT2D eigenvalue weighted by Crippen LogP contribution is 2.19. The highest BCUT2D eigenvalue weighted by atomic mass is 16.5. The van der Waals surface area contributed by atoms with Gasteiger partial charge in [-0.1, -0.05) is 11.2 Å². The lowest BCUT2D eigenvalue weighted by Crippen LogP contribution is -2.02. The molecule has 0 atom stereocenters. The molecular weight excluding hydrogens is 292 g/mol. The Balaban J connectivity index is 1.83. The minimum Gasteiger partial charge on any atom is -0.360 e. The molecule has 3 aromatic rings. The third kappa shape index (κ3) is 3.63. The first kappa shape index (κ1) is 14.5. The fourth-order valence-electron chi connectivity index (χ4n) is 2.04. The van der Waals surface area contributed by atoms with Gasteiger partial charge in [0.15, 0.2) is 5.82 Å². The highest BCUT2D eigenvalue weighted by molar-refractivity contribution is 5.59. The van der Waals surface area contributed by atoms with Crippen LogP contribution in [0.1, 0.15) is 17.0 Å². The zero-order valence-corrected chi connectivity index (χ0v) is 12.7. The average Bonchev–Trinajstić information content (AvgIpc) is 2.92. The summed E-state index contributed by atoms with van der Waals surface area (Å²) in [7, 11) is 0. The Labute approximate surface area is 133 Å². The Hall–Kier alpha value is -3.40. The molecule has 2 heterocycles. The van der Waals surface area contributed by atoms with Gasteiger partial charge in [-0.3, -0.25) is 0 Å². The summed E-state index contributed by atoms with van der Waals surface area (Å²) in [5.74, 6) is 2.33. The molecule has 0 spiro atoms. The third-order valence-electron chi connectivity index (χ3n) is 2.99. The molecule has 0 fully saturated rings. The van der Waals surface area contributed by atoms with Gasteiger partial charge in [-0.05, 0) is 32.0 Å². The maximum absolute atomic E-state index is 8.95. The zero-order chi connectivity index (χ0) is 16.2. The second-order valence-corrected chi connectivity index (χ2v) is 4.98. The van der Waals surface area contributed by atoms with E-state index in [1.54, 1.807) is 30.3 Å². The fraction of sp³-hybridized carbons (Fsp3) is 0.125. The molecule has 2 aromatic heterocycles. The summed E-state index contributed by atoms with van der Waals surface area (Å²) in [6.45, 7) is 3.69. The Morgan fingerprint density at radius 3 is 2.65 bits per heavy atom. The highest BCUT2D eigenvalue weighted by Gasteiger charge is 2.06.